The fourth-order valence-corrected chi connectivity index (χ4v) is 2.50. The summed E-state index contributed by atoms with van der Waals surface area (Å²) in [6, 6.07) is 0. The van der Waals surface area contributed by atoms with Gasteiger partial charge in [-0.15, -0.1) is 11.6 Å². The zero-order valence-corrected chi connectivity index (χ0v) is 13.2. The Morgan fingerprint density at radius 1 is 0.778 bits per heavy atom. The van der Waals surface area contributed by atoms with Gasteiger partial charge in [-0.1, -0.05) is 45.4 Å². The summed E-state index contributed by atoms with van der Waals surface area (Å²) >= 11 is 6.01. The monoisotopic (exact) mass is 278 g/mol. The molecule has 0 amide bonds. The molecule has 0 unspecified atom stereocenters. The van der Waals surface area contributed by atoms with Gasteiger partial charge in [0.05, 0.1) is 5.88 Å². The minimum Gasteiger partial charge on any atom is -0.349 e. The van der Waals surface area contributed by atoms with Gasteiger partial charge in [0.25, 0.3) is 0 Å². The minimum atomic E-state index is -0.547. The Kier molecular flexibility index (Phi) is 12.4. The molecule has 0 aliphatic carbocycles. The Hall–Kier alpha value is 0.210. The average Bonchev–Trinajstić information content (AvgIpc) is 2.38. The largest absolute Gasteiger partial charge is 0.349 e. The summed E-state index contributed by atoms with van der Waals surface area (Å²) < 4.78 is 11.4. The summed E-state index contributed by atoms with van der Waals surface area (Å²) in [6.45, 7) is 7.54. The fraction of sp³-hybridized carbons (Fsp3) is 1.00. The van der Waals surface area contributed by atoms with Crippen LogP contribution in [0.5, 0.6) is 0 Å². The molecule has 0 N–H and O–H groups in total. The van der Waals surface area contributed by atoms with Gasteiger partial charge in [-0.05, 0) is 20.3 Å². The van der Waals surface area contributed by atoms with E-state index < -0.39 is 5.79 Å². The molecule has 0 rings (SSSR count). The minimum absolute atomic E-state index is 0.421. The first-order valence-electron chi connectivity index (χ1n) is 7.58. The van der Waals surface area contributed by atoms with Crippen molar-refractivity contribution in [2.45, 2.75) is 77.9 Å². The lowest BCUT2D eigenvalue weighted by Crippen LogP contribution is -2.38. The molecule has 0 radical (unpaired) electrons. The highest BCUT2D eigenvalue weighted by molar-refractivity contribution is 6.18. The molecule has 0 aromatic heterocycles. The number of alkyl halides is 1. The zero-order chi connectivity index (χ0) is 13.7. The summed E-state index contributed by atoms with van der Waals surface area (Å²) in [7, 11) is 0. The van der Waals surface area contributed by atoms with Crippen molar-refractivity contribution in [1.29, 1.82) is 0 Å². The van der Waals surface area contributed by atoms with Crippen LogP contribution < -0.4 is 0 Å². The quantitative estimate of drug-likeness (QED) is 0.264. The van der Waals surface area contributed by atoms with Crippen LogP contribution in [0, 0.1) is 0 Å². The molecule has 0 bridgehead atoms. The van der Waals surface area contributed by atoms with Crippen molar-refractivity contribution in [2.24, 2.45) is 0 Å². The molecule has 0 aliphatic heterocycles. The lowest BCUT2D eigenvalue weighted by Gasteiger charge is -2.31. The molecule has 0 aliphatic rings. The van der Waals surface area contributed by atoms with Crippen LogP contribution in [-0.4, -0.2) is 24.9 Å². The van der Waals surface area contributed by atoms with Crippen LogP contribution in [0.4, 0.5) is 0 Å². The molecular weight excluding hydrogens is 248 g/mol. The number of rotatable bonds is 13. The summed E-state index contributed by atoms with van der Waals surface area (Å²) in [6.07, 6.45) is 10.0. The smallest absolute Gasteiger partial charge is 0.181 e. The Bertz CT molecular complexity index is 168. The molecule has 0 saturated heterocycles. The van der Waals surface area contributed by atoms with Gasteiger partial charge < -0.3 is 9.47 Å². The number of halogens is 1. The highest BCUT2D eigenvalue weighted by Gasteiger charge is 2.29. The topological polar surface area (TPSA) is 18.5 Å². The maximum Gasteiger partial charge on any atom is 0.181 e. The van der Waals surface area contributed by atoms with E-state index in [1.54, 1.807) is 0 Å². The third-order valence-corrected chi connectivity index (χ3v) is 3.59. The van der Waals surface area contributed by atoms with E-state index in [0.717, 1.165) is 12.8 Å². The number of hydrogen-bond acceptors (Lipinski definition) is 2. The molecule has 0 fully saturated rings. The van der Waals surface area contributed by atoms with Crippen molar-refractivity contribution in [2.75, 3.05) is 19.1 Å². The molecule has 110 valence electrons. The fourth-order valence-electron chi connectivity index (χ4n) is 2.21. The van der Waals surface area contributed by atoms with Crippen molar-refractivity contribution >= 4 is 11.6 Å². The van der Waals surface area contributed by atoms with Gasteiger partial charge in [0.1, 0.15) is 0 Å². The Labute approximate surface area is 118 Å². The number of unbranched alkanes of at least 4 members (excludes halogenated alkanes) is 6. The van der Waals surface area contributed by atoms with Crippen LogP contribution in [0.2, 0.25) is 0 Å². The second kappa shape index (κ2) is 12.3. The van der Waals surface area contributed by atoms with Gasteiger partial charge in [-0.2, -0.15) is 0 Å². The molecular formula is C15H31ClO2. The molecule has 0 spiro atoms. The lowest BCUT2D eigenvalue weighted by molar-refractivity contribution is -0.222. The van der Waals surface area contributed by atoms with Crippen LogP contribution in [0.1, 0.15) is 72.1 Å². The normalized spacial score (nSPS) is 12.0. The average molecular weight is 279 g/mol. The van der Waals surface area contributed by atoms with Gasteiger partial charge in [-0.3, -0.25) is 0 Å². The van der Waals surface area contributed by atoms with E-state index in [0.29, 0.717) is 19.1 Å². The van der Waals surface area contributed by atoms with Crippen LogP contribution >= 0.6 is 11.6 Å². The van der Waals surface area contributed by atoms with E-state index in [2.05, 4.69) is 6.92 Å². The van der Waals surface area contributed by atoms with Crippen LogP contribution in [0.3, 0.4) is 0 Å². The standard InChI is InChI=1S/C15H31ClO2/c1-4-7-8-9-10-11-12-13-15(14-16,17-5-2)18-6-3/h4-14H2,1-3H3. The van der Waals surface area contributed by atoms with Crippen molar-refractivity contribution < 1.29 is 9.47 Å². The van der Waals surface area contributed by atoms with E-state index in [-0.39, 0.29) is 0 Å². The molecule has 0 aromatic carbocycles. The Balaban J connectivity index is 3.75. The molecule has 0 saturated carbocycles. The molecule has 0 atom stereocenters. The predicted molar refractivity (Wildman–Crippen MR) is 79.3 cm³/mol. The highest BCUT2D eigenvalue weighted by Crippen LogP contribution is 2.24. The summed E-state index contributed by atoms with van der Waals surface area (Å²) in [5.41, 5.74) is 0. The van der Waals surface area contributed by atoms with Gasteiger partial charge in [-0.25, -0.2) is 0 Å². The van der Waals surface area contributed by atoms with Gasteiger partial charge in [0.15, 0.2) is 5.79 Å². The van der Waals surface area contributed by atoms with Crippen molar-refractivity contribution in [3.8, 4) is 0 Å². The van der Waals surface area contributed by atoms with Gasteiger partial charge in [0, 0.05) is 19.6 Å². The Morgan fingerprint density at radius 3 is 1.72 bits per heavy atom. The first-order chi connectivity index (χ1) is 8.74. The van der Waals surface area contributed by atoms with Crippen LogP contribution in [-0.2, 0) is 9.47 Å². The van der Waals surface area contributed by atoms with E-state index in [1.165, 1.54) is 38.5 Å². The van der Waals surface area contributed by atoms with E-state index in [1.807, 2.05) is 13.8 Å². The number of hydrogen-bond donors (Lipinski definition) is 0. The van der Waals surface area contributed by atoms with Crippen molar-refractivity contribution in [3.05, 3.63) is 0 Å². The SMILES string of the molecule is CCCCCCCCCC(CCl)(OCC)OCC. The molecule has 18 heavy (non-hydrogen) atoms. The molecule has 0 aromatic rings. The first kappa shape index (κ1) is 18.2. The molecule has 0 heterocycles. The van der Waals surface area contributed by atoms with E-state index in [9.17, 15) is 0 Å². The van der Waals surface area contributed by atoms with Gasteiger partial charge in [0.2, 0.25) is 0 Å². The Morgan fingerprint density at radius 2 is 1.28 bits per heavy atom. The second-order valence-electron chi connectivity index (χ2n) is 4.78. The van der Waals surface area contributed by atoms with E-state index >= 15 is 0 Å². The first-order valence-corrected chi connectivity index (χ1v) is 8.12. The maximum absolute atomic E-state index is 6.01. The lowest BCUT2D eigenvalue weighted by atomic mass is 10.1. The molecule has 2 nitrogen and oxygen atoms in total. The summed E-state index contributed by atoms with van der Waals surface area (Å²) in [5.74, 6) is -0.126. The third kappa shape index (κ3) is 8.34. The van der Waals surface area contributed by atoms with Crippen molar-refractivity contribution in [1.82, 2.24) is 0 Å². The summed E-state index contributed by atoms with van der Waals surface area (Å²) in [5, 5.41) is 0. The van der Waals surface area contributed by atoms with Crippen LogP contribution in [0.15, 0.2) is 0 Å². The zero-order valence-electron chi connectivity index (χ0n) is 12.5. The molecule has 3 heteroatoms. The second-order valence-corrected chi connectivity index (χ2v) is 5.05. The summed E-state index contributed by atoms with van der Waals surface area (Å²) in [4.78, 5) is 0. The van der Waals surface area contributed by atoms with E-state index in [4.69, 9.17) is 21.1 Å². The highest BCUT2D eigenvalue weighted by atomic mass is 35.5. The maximum atomic E-state index is 6.01. The van der Waals surface area contributed by atoms with Crippen LogP contribution in [0.25, 0.3) is 0 Å². The van der Waals surface area contributed by atoms with Gasteiger partial charge >= 0.3 is 0 Å². The number of ether oxygens (including phenoxy) is 2. The third-order valence-electron chi connectivity index (χ3n) is 3.18. The van der Waals surface area contributed by atoms with Crippen molar-refractivity contribution in [3.63, 3.8) is 0 Å². The predicted octanol–water partition coefficient (Wildman–Crippen LogP) is 5.14.